The highest BCUT2D eigenvalue weighted by Gasteiger charge is 2.36. The van der Waals surface area contributed by atoms with E-state index in [1.165, 1.54) is 4.68 Å². The molecule has 1 aromatic heterocycles. The average molecular weight is 466 g/mol. The van der Waals surface area contributed by atoms with E-state index in [0.717, 1.165) is 11.1 Å². The zero-order valence-electron chi connectivity index (χ0n) is 19.9. The number of hydrogen-bond acceptors (Lipinski definition) is 6. The molecule has 180 valence electrons. The normalized spacial score (nSPS) is 13.7. The number of aliphatic hydroxyl groups is 1. The van der Waals surface area contributed by atoms with Crippen LogP contribution in [0.4, 0.5) is 10.5 Å². The number of carbonyl (C=O) groups excluding carboxylic acids is 2. The Hall–Kier alpha value is -3.72. The van der Waals surface area contributed by atoms with Crippen molar-refractivity contribution in [1.29, 1.82) is 0 Å². The lowest BCUT2D eigenvalue weighted by molar-refractivity contribution is -0.119. The molecule has 3 rings (SSSR count). The maximum atomic E-state index is 12.7. The first-order chi connectivity index (χ1) is 16.2. The number of carbonyl (C=O) groups is 2. The number of rotatable bonds is 9. The van der Waals surface area contributed by atoms with Gasteiger partial charge in [-0.3, -0.25) is 4.79 Å². The third kappa shape index (κ3) is 5.99. The predicted molar refractivity (Wildman–Crippen MR) is 128 cm³/mol. The summed E-state index contributed by atoms with van der Waals surface area (Å²) in [6.45, 7) is 7.58. The van der Waals surface area contributed by atoms with Crippen LogP contribution in [-0.4, -0.2) is 32.1 Å². The van der Waals surface area contributed by atoms with Crippen molar-refractivity contribution in [2.24, 2.45) is 5.92 Å². The molecule has 0 fully saturated rings. The summed E-state index contributed by atoms with van der Waals surface area (Å²) in [6, 6.07) is 15.7. The van der Waals surface area contributed by atoms with Crippen LogP contribution in [0.2, 0.25) is 0 Å². The molecule has 2 atom stereocenters. The second-order valence-electron chi connectivity index (χ2n) is 8.65. The second-order valence-corrected chi connectivity index (χ2v) is 8.65. The maximum absolute atomic E-state index is 12.7. The van der Waals surface area contributed by atoms with Gasteiger partial charge >= 0.3 is 6.09 Å². The van der Waals surface area contributed by atoms with Gasteiger partial charge in [0.1, 0.15) is 18.3 Å². The minimum atomic E-state index is -0.859. The van der Waals surface area contributed by atoms with Crippen molar-refractivity contribution in [1.82, 2.24) is 20.3 Å². The topological polar surface area (TPSA) is 118 Å². The Bertz CT molecular complexity index is 1100. The van der Waals surface area contributed by atoms with Gasteiger partial charge in [-0.2, -0.15) is 0 Å². The van der Waals surface area contributed by atoms with Crippen molar-refractivity contribution in [2.75, 3.05) is 5.32 Å². The van der Waals surface area contributed by atoms with E-state index < -0.39 is 17.7 Å². The van der Waals surface area contributed by atoms with E-state index >= 15 is 0 Å². The van der Waals surface area contributed by atoms with E-state index in [4.69, 9.17) is 9.84 Å². The first-order valence-electron chi connectivity index (χ1n) is 11.1. The van der Waals surface area contributed by atoms with Crippen molar-refractivity contribution in [3.05, 3.63) is 77.6 Å². The van der Waals surface area contributed by atoms with Crippen LogP contribution in [0.1, 0.15) is 50.6 Å². The van der Waals surface area contributed by atoms with E-state index in [1.807, 2.05) is 51.1 Å². The number of ether oxygens (including phenoxy) is 1. The number of aliphatic hydroxyl groups excluding tert-OH is 1. The molecule has 0 saturated carbocycles. The highest BCUT2D eigenvalue weighted by Crippen LogP contribution is 2.28. The molecule has 3 aromatic rings. The second kappa shape index (κ2) is 10.9. The summed E-state index contributed by atoms with van der Waals surface area (Å²) in [5.41, 5.74) is 1.92. The van der Waals surface area contributed by atoms with E-state index in [1.54, 1.807) is 37.4 Å². The van der Waals surface area contributed by atoms with Crippen molar-refractivity contribution in [2.45, 2.75) is 52.5 Å². The number of benzene rings is 2. The molecule has 2 amide bonds. The van der Waals surface area contributed by atoms with Gasteiger partial charge in [-0.05, 0) is 43.0 Å². The molecule has 0 spiro atoms. The fraction of sp³-hybridized carbons (Fsp3) is 0.360. The summed E-state index contributed by atoms with van der Waals surface area (Å²) in [5.74, 6) is -0.300. The molecule has 0 saturated heterocycles. The van der Waals surface area contributed by atoms with Crippen LogP contribution in [0.3, 0.4) is 0 Å². The van der Waals surface area contributed by atoms with Gasteiger partial charge in [0.05, 0.1) is 18.3 Å². The monoisotopic (exact) mass is 465 g/mol. The van der Waals surface area contributed by atoms with Crippen molar-refractivity contribution in [3.8, 4) is 0 Å². The van der Waals surface area contributed by atoms with E-state index in [9.17, 15) is 9.59 Å². The fourth-order valence-electron chi connectivity index (χ4n) is 3.24. The Morgan fingerprint density at radius 2 is 1.74 bits per heavy atom. The molecule has 9 heteroatoms. The number of nitrogens with one attached hydrogen (secondary N) is 2. The van der Waals surface area contributed by atoms with Gasteiger partial charge in [-0.1, -0.05) is 61.5 Å². The molecule has 2 aromatic carbocycles. The molecule has 9 nitrogen and oxygen atoms in total. The van der Waals surface area contributed by atoms with Crippen LogP contribution in [0.15, 0.2) is 60.8 Å². The summed E-state index contributed by atoms with van der Waals surface area (Å²) < 4.78 is 6.85. The lowest BCUT2D eigenvalue weighted by atomic mass is 9.86. The molecule has 3 N–H and O–H groups in total. The molecular formula is C25H31N5O4. The smallest absolute Gasteiger partial charge is 0.408 e. The maximum Gasteiger partial charge on any atom is 0.408 e. The lowest BCUT2D eigenvalue weighted by Crippen LogP contribution is -2.47. The minimum absolute atomic E-state index is 0.0314. The van der Waals surface area contributed by atoms with Crippen LogP contribution in [-0.2, 0) is 28.3 Å². The Kier molecular flexibility index (Phi) is 8.01. The highest BCUT2D eigenvalue weighted by atomic mass is 16.5. The van der Waals surface area contributed by atoms with Gasteiger partial charge < -0.3 is 20.5 Å². The lowest BCUT2D eigenvalue weighted by Gasteiger charge is -2.32. The zero-order valence-corrected chi connectivity index (χ0v) is 19.9. The molecule has 0 aliphatic rings. The molecule has 1 heterocycles. The summed E-state index contributed by atoms with van der Waals surface area (Å²) in [4.78, 5) is 25.3. The minimum Gasteiger partial charge on any atom is -0.445 e. The van der Waals surface area contributed by atoms with Crippen LogP contribution in [0, 0.1) is 5.92 Å². The van der Waals surface area contributed by atoms with Crippen LogP contribution >= 0.6 is 0 Å². The number of alkyl carbamates (subject to hydrolysis) is 1. The number of aromatic nitrogens is 3. The molecule has 34 heavy (non-hydrogen) atoms. The van der Waals surface area contributed by atoms with Crippen molar-refractivity contribution < 1.29 is 19.4 Å². The van der Waals surface area contributed by atoms with Crippen molar-refractivity contribution >= 4 is 17.7 Å². The highest BCUT2D eigenvalue weighted by molar-refractivity contribution is 5.93. The zero-order chi connectivity index (χ0) is 24.7. The molecule has 0 aliphatic heterocycles. The Balaban J connectivity index is 1.67. The van der Waals surface area contributed by atoms with Crippen molar-refractivity contribution in [3.63, 3.8) is 0 Å². The van der Waals surface area contributed by atoms with Gasteiger partial charge in [0.15, 0.2) is 0 Å². The third-order valence-electron chi connectivity index (χ3n) is 5.95. The summed E-state index contributed by atoms with van der Waals surface area (Å²) >= 11 is 0. The van der Waals surface area contributed by atoms with Gasteiger partial charge in [0.2, 0.25) is 5.91 Å². The Morgan fingerprint density at radius 1 is 1.06 bits per heavy atom. The van der Waals surface area contributed by atoms with Gasteiger partial charge in [0, 0.05) is 5.69 Å². The van der Waals surface area contributed by atoms with E-state index in [-0.39, 0.29) is 25.0 Å². The summed E-state index contributed by atoms with van der Waals surface area (Å²) in [5, 5.41) is 23.3. The summed E-state index contributed by atoms with van der Waals surface area (Å²) in [7, 11) is 0. The number of hydrogen-bond donors (Lipinski definition) is 3. The van der Waals surface area contributed by atoms with E-state index in [2.05, 4.69) is 20.9 Å². The molecule has 0 aliphatic carbocycles. The first kappa shape index (κ1) is 24.9. The largest absolute Gasteiger partial charge is 0.445 e. The summed E-state index contributed by atoms with van der Waals surface area (Å²) in [6.07, 6.45) is 1.10. The molecule has 0 radical (unpaired) electrons. The van der Waals surface area contributed by atoms with Gasteiger partial charge in [0.25, 0.3) is 0 Å². The standard InChI is InChI=1S/C25H31N5O4/c1-17(2)25(4,27-24(33)34-16-20-8-6-5-7-9-20)22-14-30(29-28-22)18(3)23(32)26-21-12-10-19(15-31)11-13-21/h5-14,17-18,31H,15-16H2,1-4H3,(H,26,32)(H,27,33)/t18-,25-/m0/s1. The van der Waals surface area contributed by atoms with Crippen LogP contribution < -0.4 is 10.6 Å². The van der Waals surface area contributed by atoms with Gasteiger partial charge in [-0.15, -0.1) is 5.10 Å². The quantitative estimate of drug-likeness (QED) is 0.443. The van der Waals surface area contributed by atoms with E-state index in [0.29, 0.717) is 11.4 Å². The van der Waals surface area contributed by atoms with Crippen LogP contribution in [0.25, 0.3) is 0 Å². The Labute approximate surface area is 199 Å². The molecular weight excluding hydrogens is 434 g/mol. The molecule has 0 unspecified atom stereocenters. The SMILES string of the molecule is CC(C)[C@](C)(NC(=O)OCc1ccccc1)c1cn([C@@H](C)C(=O)Nc2ccc(CO)cc2)nn1. The first-order valence-corrected chi connectivity index (χ1v) is 11.1. The number of nitrogens with zero attached hydrogens (tertiary/aromatic N) is 3. The third-order valence-corrected chi connectivity index (χ3v) is 5.95. The average Bonchev–Trinajstić information content (AvgIpc) is 3.34. The fourth-order valence-corrected chi connectivity index (χ4v) is 3.24. The molecule has 0 bridgehead atoms. The predicted octanol–water partition coefficient (Wildman–Crippen LogP) is 3.77. The number of anilines is 1. The Morgan fingerprint density at radius 3 is 2.35 bits per heavy atom. The van der Waals surface area contributed by atoms with Gasteiger partial charge in [-0.25, -0.2) is 9.48 Å². The van der Waals surface area contributed by atoms with Crippen LogP contribution in [0.5, 0.6) is 0 Å². The number of amides is 2.